The Kier molecular flexibility index (Phi) is 5.56. The molecule has 0 saturated carbocycles. The first-order chi connectivity index (χ1) is 11.3. The fraction of sp³-hybridized carbons (Fsp3) is 0.312. The molecule has 24 heavy (non-hydrogen) atoms. The van der Waals surface area contributed by atoms with Crippen molar-refractivity contribution in [3.8, 4) is 0 Å². The van der Waals surface area contributed by atoms with E-state index in [0.717, 1.165) is 6.07 Å². The van der Waals surface area contributed by atoms with Gasteiger partial charge in [0, 0.05) is 6.07 Å². The number of nitrogens with zero attached hydrogens (tertiary/aromatic N) is 1. The van der Waals surface area contributed by atoms with Crippen LogP contribution in [0, 0.1) is 18.7 Å². The first-order valence-electron chi connectivity index (χ1n) is 7.28. The number of aromatic nitrogens is 1. The molecule has 8 heteroatoms. The molecule has 0 spiro atoms. The average Bonchev–Trinajstić information content (AvgIpc) is 2.89. The fourth-order valence-corrected chi connectivity index (χ4v) is 2.34. The summed E-state index contributed by atoms with van der Waals surface area (Å²) in [4.78, 5) is 24.7. The maximum Gasteiger partial charge on any atom is 0.256 e. The molecule has 1 aromatic carbocycles. The normalized spacial score (nSPS) is 12.1. The van der Waals surface area contributed by atoms with Crippen LogP contribution in [0.4, 0.5) is 10.2 Å². The van der Waals surface area contributed by atoms with E-state index < -0.39 is 23.7 Å². The van der Waals surface area contributed by atoms with E-state index in [2.05, 4.69) is 15.8 Å². The molecule has 1 atom stereocenters. The number of halogens is 2. The van der Waals surface area contributed by atoms with Gasteiger partial charge in [0.05, 0.1) is 10.6 Å². The lowest BCUT2D eigenvalue weighted by Gasteiger charge is -2.21. The van der Waals surface area contributed by atoms with Crippen LogP contribution in [0.2, 0.25) is 5.02 Å². The van der Waals surface area contributed by atoms with Crippen LogP contribution in [0.25, 0.3) is 0 Å². The largest absolute Gasteiger partial charge is 0.360 e. The van der Waals surface area contributed by atoms with Crippen LogP contribution in [0.5, 0.6) is 0 Å². The molecule has 2 N–H and O–H groups in total. The molecule has 0 bridgehead atoms. The van der Waals surface area contributed by atoms with Gasteiger partial charge in [-0.05, 0) is 25.0 Å². The standard InChI is InChI=1S/C16H17ClFN3O3/c1-8(2)14(16(23)19-12-7-9(3)24-21-12)20-15(22)13-10(17)5-4-6-11(13)18/h4-8,14H,1-3H3,(H,20,22)(H,19,21,23)/t14-/m0/s1. The van der Waals surface area contributed by atoms with Crippen LogP contribution in [-0.2, 0) is 4.79 Å². The topological polar surface area (TPSA) is 84.2 Å². The number of hydrogen-bond donors (Lipinski definition) is 2. The molecule has 0 aliphatic carbocycles. The van der Waals surface area contributed by atoms with Gasteiger partial charge in [-0.25, -0.2) is 4.39 Å². The van der Waals surface area contributed by atoms with E-state index in [1.165, 1.54) is 12.1 Å². The molecule has 0 aliphatic heterocycles. The maximum absolute atomic E-state index is 13.8. The lowest BCUT2D eigenvalue weighted by Crippen LogP contribution is -2.47. The molecule has 2 amide bonds. The van der Waals surface area contributed by atoms with Crippen molar-refractivity contribution in [2.75, 3.05) is 5.32 Å². The van der Waals surface area contributed by atoms with Crippen LogP contribution >= 0.6 is 11.6 Å². The summed E-state index contributed by atoms with van der Waals surface area (Å²) < 4.78 is 18.7. The highest BCUT2D eigenvalue weighted by Crippen LogP contribution is 2.19. The van der Waals surface area contributed by atoms with Gasteiger partial charge < -0.3 is 15.2 Å². The SMILES string of the molecule is Cc1cc(NC(=O)[C@@H](NC(=O)c2c(F)cccc2Cl)C(C)C)no1. The third-order valence-electron chi connectivity index (χ3n) is 3.30. The van der Waals surface area contributed by atoms with Crippen LogP contribution in [0.1, 0.15) is 30.0 Å². The molecule has 6 nitrogen and oxygen atoms in total. The van der Waals surface area contributed by atoms with Crippen molar-refractivity contribution >= 4 is 29.2 Å². The summed E-state index contributed by atoms with van der Waals surface area (Å²) in [6.07, 6.45) is 0. The van der Waals surface area contributed by atoms with Crippen molar-refractivity contribution in [2.24, 2.45) is 5.92 Å². The Morgan fingerprint density at radius 3 is 2.58 bits per heavy atom. The predicted octanol–water partition coefficient (Wildman–Crippen LogP) is 3.17. The lowest BCUT2D eigenvalue weighted by atomic mass is 10.0. The van der Waals surface area contributed by atoms with E-state index in [4.69, 9.17) is 16.1 Å². The van der Waals surface area contributed by atoms with Crippen molar-refractivity contribution in [1.29, 1.82) is 0 Å². The van der Waals surface area contributed by atoms with E-state index in [1.54, 1.807) is 26.8 Å². The molecule has 128 valence electrons. The Morgan fingerprint density at radius 2 is 2.04 bits per heavy atom. The van der Waals surface area contributed by atoms with Crippen LogP contribution < -0.4 is 10.6 Å². The van der Waals surface area contributed by atoms with Gasteiger partial charge in [-0.15, -0.1) is 0 Å². The second-order valence-electron chi connectivity index (χ2n) is 5.60. The lowest BCUT2D eigenvalue weighted by molar-refractivity contribution is -0.118. The number of benzene rings is 1. The van der Waals surface area contributed by atoms with Crippen LogP contribution in [0.15, 0.2) is 28.8 Å². The highest BCUT2D eigenvalue weighted by Gasteiger charge is 2.27. The molecule has 1 aromatic heterocycles. The number of nitrogens with one attached hydrogen (secondary N) is 2. The van der Waals surface area contributed by atoms with E-state index in [0.29, 0.717) is 5.76 Å². The van der Waals surface area contributed by atoms with E-state index in [-0.39, 0.29) is 22.3 Å². The van der Waals surface area contributed by atoms with Crippen molar-refractivity contribution in [3.05, 3.63) is 46.4 Å². The van der Waals surface area contributed by atoms with Gasteiger partial charge in [-0.3, -0.25) is 9.59 Å². The number of rotatable bonds is 5. The smallest absolute Gasteiger partial charge is 0.256 e. The Labute approximate surface area is 143 Å². The molecule has 0 radical (unpaired) electrons. The van der Waals surface area contributed by atoms with Crippen LogP contribution in [0.3, 0.4) is 0 Å². The predicted molar refractivity (Wildman–Crippen MR) is 87.4 cm³/mol. The summed E-state index contributed by atoms with van der Waals surface area (Å²) >= 11 is 5.88. The maximum atomic E-state index is 13.8. The Balaban J connectivity index is 2.16. The molecule has 0 fully saturated rings. The molecular weight excluding hydrogens is 337 g/mol. The summed E-state index contributed by atoms with van der Waals surface area (Å²) in [6, 6.07) is 4.58. The summed E-state index contributed by atoms with van der Waals surface area (Å²) in [6.45, 7) is 5.19. The van der Waals surface area contributed by atoms with Crippen molar-refractivity contribution < 1.29 is 18.5 Å². The summed E-state index contributed by atoms with van der Waals surface area (Å²) in [5.41, 5.74) is -0.296. The van der Waals surface area contributed by atoms with E-state index in [1.807, 2.05) is 0 Å². The number of carbonyl (C=O) groups is 2. The molecule has 2 aromatic rings. The molecular formula is C16H17ClFN3O3. The minimum absolute atomic E-state index is 0.0254. The average molecular weight is 354 g/mol. The first kappa shape index (κ1) is 17.9. The van der Waals surface area contributed by atoms with Crippen molar-refractivity contribution in [2.45, 2.75) is 26.8 Å². The fourth-order valence-electron chi connectivity index (χ4n) is 2.09. The van der Waals surface area contributed by atoms with Gasteiger partial charge in [0.2, 0.25) is 5.91 Å². The highest BCUT2D eigenvalue weighted by atomic mass is 35.5. The van der Waals surface area contributed by atoms with Gasteiger partial charge in [0.15, 0.2) is 5.82 Å². The van der Waals surface area contributed by atoms with Gasteiger partial charge in [-0.2, -0.15) is 0 Å². The summed E-state index contributed by atoms with van der Waals surface area (Å²) in [7, 11) is 0. The second kappa shape index (κ2) is 7.44. The highest BCUT2D eigenvalue weighted by molar-refractivity contribution is 6.33. The molecule has 0 unspecified atom stereocenters. The number of aryl methyl sites for hydroxylation is 1. The quantitative estimate of drug-likeness (QED) is 0.864. The van der Waals surface area contributed by atoms with Gasteiger partial charge in [-0.1, -0.05) is 36.7 Å². The number of amides is 2. The minimum Gasteiger partial charge on any atom is -0.360 e. The second-order valence-corrected chi connectivity index (χ2v) is 6.01. The van der Waals surface area contributed by atoms with E-state index >= 15 is 0 Å². The molecule has 0 saturated heterocycles. The zero-order chi connectivity index (χ0) is 17.9. The Morgan fingerprint density at radius 1 is 1.33 bits per heavy atom. The van der Waals surface area contributed by atoms with Gasteiger partial charge in [0.1, 0.15) is 17.6 Å². The van der Waals surface area contributed by atoms with Gasteiger partial charge in [0.25, 0.3) is 5.91 Å². The Hall–Kier alpha value is -2.41. The Bertz CT molecular complexity index is 741. The zero-order valence-electron chi connectivity index (χ0n) is 13.4. The van der Waals surface area contributed by atoms with Crippen molar-refractivity contribution in [3.63, 3.8) is 0 Å². The monoisotopic (exact) mass is 353 g/mol. The molecule has 0 aliphatic rings. The summed E-state index contributed by atoms with van der Waals surface area (Å²) in [5, 5.41) is 8.69. The molecule has 1 heterocycles. The zero-order valence-corrected chi connectivity index (χ0v) is 14.1. The third kappa shape index (κ3) is 4.11. The number of hydrogen-bond acceptors (Lipinski definition) is 4. The third-order valence-corrected chi connectivity index (χ3v) is 3.62. The minimum atomic E-state index is -0.898. The van der Waals surface area contributed by atoms with Gasteiger partial charge >= 0.3 is 0 Å². The first-order valence-corrected chi connectivity index (χ1v) is 7.66. The number of carbonyl (C=O) groups excluding carboxylic acids is 2. The van der Waals surface area contributed by atoms with E-state index in [9.17, 15) is 14.0 Å². The molecule has 2 rings (SSSR count). The number of anilines is 1. The van der Waals surface area contributed by atoms with Crippen molar-refractivity contribution in [1.82, 2.24) is 10.5 Å². The van der Waals surface area contributed by atoms with Crippen LogP contribution in [-0.4, -0.2) is 23.0 Å². The summed E-state index contributed by atoms with van der Waals surface area (Å²) in [5.74, 6) is -1.47.